The van der Waals surface area contributed by atoms with Crippen molar-refractivity contribution in [1.82, 2.24) is 5.16 Å². The third kappa shape index (κ3) is 4.61. The second-order valence-corrected chi connectivity index (χ2v) is 6.20. The van der Waals surface area contributed by atoms with Crippen LogP contribution in [-0.2, 0) is 6.61 Å². The maximum absolute atomic E-state index is 11.1. The van der Waals surface area contributed by atoms with Crippen LogP contribution in [0.3, 0.4) is 0 Å². The van der Waals surface area contributed by atoms with Crippen LogP contribution in [0.15, 0.2) is 47.0 Å². The minimum Gasteiger partial charge on any atom is -0.493 e. The lowest BCUT2D eigenvalue weighted by Crippen LogP contribution is -1.99. The van der Waals surface area contributed by atoms with Crippen LogP contribution in [0, 0.1) is 27.2 Å². The van der Waals surface area contributed by atoms with E-state index >= 15 is 0 Å². The summed E-state index contributed by atoms with van der Waals surface area (Å²) in [5.74, 6) is 0.927. The summed E-state index contributed by atoms with van der Waals surface area (Å²) in [4.78, 5) is 21.0. The van der Waals surface area contributed by atoms with Gasteiger partial charge in [0.25, 0.3) is 5.69 Å². The van der Waals surface area contributed by atoms with Crippen molar-refractivity contribution >= 4 is 23.5 Å². The highest BCUT2D eigenvalue weighted by molar-refractivity contribution is 5.72. The number of nitro groups is 2. The number of nitrogens with zero attached hydrogens (tertiary/aromatic N) is 3. The van der Waals surface area contributed by atoms with Gasteiger partial charge in [0.05, 0.1) is 17.0 Å². The Hall–Kier alpha value is -4.21. The summed E-state index contributed by atoms with van der Waals surface area (Å²) >= 11 is 0. The van der Waals surface area contributed by atoms with Gasteiger partial charge >= 0.3 is 5.69 Å². The molecule has 0 atom stereocenters. The summed E-state index contributed by atoms with van der Waals surface area (Å²) in [5.41, 5.74) is 1.33. The number of rotatable bonds is 8. The molecule has 0 aliphatic heterocycles. The van der Waals surface area contributed by atoms with Crippen molar-refractivity contribution in [3.05, 3.63) is 85.3 Å². The van der Waals surface area contributed by atoms with Crippen molar-refractivity contribution in [2.45, 2.75) is 13.5 Å². The van der Waals surface area contributed by atoms with Crippen LogP contribution in [0.1, 0.15) is 22.6 Å². The Bertz CT molecular complexity index is 1120. The van der Waals surface area contributed by atoms with Gasteiger partial charge in [-0.25, -0.2) is 0 Å². The van der Waals surface area contributed by atoms with E-state index in [1.54, 1.807) is 36.4 Å². The van der Waals surface area contributed by atoms with Gasteiger partial charge in [0.15, 0.2) is 17.2 Å². The summed E-state index contributed by atoms with van der Waals surface area (Å²) in [6.45, 7) is 1.62. The fourth-order valence-corrected chi connectivity index (χ4v) is 2.71. The Labute approximate surface area is 170 Å². The Morgan fingerprint density at radius 1 is 1.07 bits per heavy atom. The zero-order valence-corrected chi connectivity index (χ0v) is 16.1. The molecule has 1 heterocycles. The van der Waals surface area contributed by atoms with Gasteiger partial charge in [-0.3, -0.25) is 20.2 Å². The second-order valence-electron chi connectivity index (χ2n) is 6.20. The number of hydrogen-bond donors (Lipinski definition) is 0. The van der Waals surface area contributed by atoms with E-state index < -0.39 is 9.85 Å². The third-order valence-electron chi connectivity index (χ3n) is 4.17. The minimum atomic E-state index is -0.545. The van der Waals surface area contributed by atoms with Crippen molar-refractivity contribution in [1.29, 1.82) is 0 Å². The fraction of sp³-hybridized carbons (Fsp3) is 0.150. The molecule has 0 amide bonds. The van der Waals surface area contributed by atoms with E-state index in [-0.39, 0.29) is 29.4 Å². The molecular weight excluding hydrogens is 394 g/mol. The number of nitro benzene ring substituents is 1. The molecule has 3 aromatic rings. The van der Waals surface area contributed by atoms with E-state index in [9.17, 15) is 20.2 Å². The number of hydrogen-bond acceptors (Lipinski definition) is 8. The Balaban J connectivity index is 1.76. The highest BCUT2D eigenvalue weighted by atomic mass is 16.6. The summed E-state index contributed by atoms with van der Waals surface area (Å²) in [5, 5.41) is 25.6. The van der Waals surface area contributed by atoms with Crippen molar-refractivity contribution in [2.75, 3.05) is 7.11 Å². The third-order valence-corrected chi connectivity index (χ3v) is 4.17. The maximum atomic E-state index is 11.1. The van der Waals surface area contributed by atoms with Crippen LogP contribution >= 0.6 is 0 Å². The highest BCUT2D eigenvalue weighted by Gasteiger charge is 2.21. The monoisotopic (exact) mass is 411 g/mol. The van der Waals surface area contributed by atoms with Gasteiger partial charge in [-0.1, -0.05) is 29.4 Å². The topological polar surface area (TPSA) is 131 Å². The molecular formula is C20H17N3O7. The summed E-state index contributed by atoms with van der Waals surface area (Å²) < 4.78 is 16.1. The first-order valence-corrected chi connectivity index (χ1v) is 8.72. The Kier molecular flexibility index (Phi) is 6.06. The molecule has 0 fully saturated rings. The second kappa shape index (κ2) is 8.86. The molecule has 0 N–H and O–H groups in total. The molecule has 10 heteroatoms. The van der Waals surface area contributed by atoms with Gasteiger partial charge in [-0.05, 0) is 36.3 Å². The molecule has 1 aromatic heterocycles. The quantitative estimate of drug-likeness (QED) is 0.389. The van der Waals surface area contributed by atoms with Gasteiger partial charge in [0, 0.05) is 12.1 Å². The van der Waals surface area contributed by atoms with E-state index in [0.717, 1.165) is 0 Å². The number of benzene rings is 2. The van der Waals surface area contributed by atoms with Gasteiger partial charge in [-0.15, -0.1) is 0 Å². The first kappa shape index (κ1) is 20.5. The van der Waals surface area contributed by atoms with Gasteiger partial charge in [0.2, 0.25) is 5.76 Å². The van der Waals surface area contributed by atoms with E-state index in [1.165, 1.54) is 32.2 Å². The molecule has 0 saturated carbocycles. The van der Waals surface area contributed by atoms with Crippen molar-refractivity contribution in [3.63, 3.8) is 0 Å². The molecule has 0 bridgehead atoms. The Morgan fingerprint density at radius 3 is 2.57 bits per heavy atom. The molecule has 0 saturated heterocycles. The standard InChI is InChI=1S/C20H17N3O7/c1-13-20(23(26)27)18(30-21-13)9-7-14-6-8-17(19(11-14)28-2)29-12-15-4-3-5-16(10-15)22(24)25/h3-11H,12H2,1-2H3. The summed E-state index contributed by atoms with van der Waals surface area (Å²) in [6, 6.07) is 11.3. The van der Waals surface area contributed by atoms with Crippen molar-refractivity contribution in [3.8, 4) is 11.5 Å². The lowest BCUT2D eigenvalue weighted by molar-refractivity contribution is -0.386. The first-order valence-electron chi connectivity index (χ1n) is 8.72. The van der Waals surface area contributed by atoms with Gasteiger partial charge < -0.3 is 14.0 Å². The smallest absolute Gasteiger partial charge is 0.338 e. The average Bonchev–Trinajstić information content (AvgIpc) is 3.11. The maximum Gasteiger partial charge on any atom is 0.338 e. The molecule has 0 radical (unpaired) electrons. The van der Waals surface area contributed by atoms with Gasteiger partial charge in [0.1, 0.15) is 6.61 Å². The van der Waals surface area contributed by atoms with E-state index in [2.05, 4.69) is 5.16 Å². The number of non-ortho nitro benzene ring substituents is 1. The molecule has 30 heavy (non-hydrogen) atoms. The highest BCUT2D eigenvalue weighted by Crippen LogP contribution is 2.31. The molecule has 0 spiro atoms. The van der Waals surface area contributed by atoms with E-state index in [1.807, 2.05) is 0 Å². The van der Waals surface area contributed by atoms with Crippen LogP contribution in [-0.4, -0.2) is 22.1 Å². The average molecular weight is 411 g/mol. The first-order chi connectivity index (χ1) is 14.4. The number of methoxy groups -OCH3 is 1. The minimum absolute atomic E-state index is 0.0136. The number of ether oxygens (including phenoxy) is 2. The van der Waals surface area contributed by atoms with Crippen LogP contribution in [0.4, 0.5) is 11.4 Å². The predicted octanol–water partition coefficient (Wildman–Crippen LogP) is 4.56. The van der Waals surface area contributed by atoms with Crippen molar-refractivity contribution < 1.29 is 23.8 Å². The molecule has 0 unspecified atom stereocenters. The fourth-order valence-electron chi connectivity index (χ4n) is 2.71. The van der Waals surface area contributed by atoms with Crippen LogP contribution in [0.25, 0.3) is 12.2 Å². The predicted molar refractivity (Wildman–Crippen MR) is 107 cm³/mol. The van der Waals surface area contributed by atoms with E-state index in [0.29, 0.717) is 22.6 Å². The normalized spacial score (nSPS) is 10.9. The zero-order valence-electron chi connectivity index (χ0n) is 16.1. The summed E-state index contributed by atoms with van der Waals surface area (Å²) in [6.07, 6.45) is 3.08. The molecule has 0 aliphatic carbocycles. The number of aromatic nitrogens is 1. The lowest BCUT2D eigenvalue weighted by atomic mass is 10.1. The SMILES string of the molecule is COc1cc(C=Cc2onc(C)c2[N+](=O)[O-])ccc1OCc1cccc([N+](=O)[O-])c1. The molecule has 0 aliphatic rings. The van der Waals surface area contributed by atoms with Crippen LogP contribution in [0.5, 0.6) is 11.5 Å². The zero-order chi connectivity index (χ0) is 21.7. The summed E-state index contributed by atoms with van der Waals surface area (Å²) in [7, 11) is 1.48. The molecule has 2 aromatic carbocycles. The Morgan fingerprint density at radius 2 is 1.87 bits per heavy atom. The number of aryl methyl sites for hydroxylation is 1. The van der Waals surface area contributed by atoms with Crippen molar-refractivity contribution in [2.24, 2.45) is 0 Å². The molecule has 3 rings (SSSR count). The lowest BCUT2D eigenvalue weighted by Gasteiger charge is -2.11. The van der Waals surface area contributed by atoms with Crippen LogP contribution in [0.2, 0.25) is 0 Å². The largest absolute Gasteiger partial charge is 0.493 e. The molecule has 10 nitrogen and oxygen atoms in total. The van der Waals surface area contributed by atoms with E-state index in [4.69, 9.17) is 14.0 Å². The van der Waals surface area contributed by atoms with Gasteiger partial charge in [-0.2, -0.15) is 0 Å². The van der Waals surface area contributed by atoms with Crippen LogP contribution < -0.4 is 9.47 Å². The molecule has 154 valence electrons.